The first kappa shape index (κ1) is 11.8. The van der Waals surface area contributed by atoms with Crippen LogP contribution in [0.15, 0.2) is 0 Å². The van der Waals surface area contributed by atoms with Crippen LogP contribution in [0.1, 0.15) is 13.3 Å². The largest absolute Gasteiger partial charge is 0.381 e. The summed E-state index contributed by atoms with van der Waals surface area (Å²) in [5, 5.41) is 0.942. The van der Waals surface area contributed by atoms with Crippen molar-refractivity contribution in [2.24, 2.45) is 5.92 Å². The second kappa shape index (κ2) is 5.62. The Morgan fingerprint density at radius 2 is 2.27 bits per heavy atom. The molecule has 2 heterocycles. The molecule has 0 aromatic heterocycles. The molecular weight excluding hydrogens is 258 g/mol. The maximum absolute atomic E-state index is 5.71. The summed E-state index contributed by atoms with van der Waals surface area (Å²) in [5.41, 5.74) is 0. The van der Waals surface area contributed by atoms with E-state index in [4.69, 9.17) is 9.47 Å². The number of ether oxygens (including phenoxy) is 2. The van der Waals surface area contributed by atoms with E-state index < -0.39 is 0 Å². The van der Waals surface area contributed by atoms with Gasteiger partial charge in [-0.2, -0.15) is 0 Å². The van der Waals surface area contributed by atoms with Gasteiger partial charge in [-0.15, -0.1) is 0 Å². The summed E-state index contributed by atoms with van der Waals surface area (Å²) in [6.45, 7) is 7.25. The number of morpholine rings is 1. The first-order chi connectivity index (χ1) is 7.29. The minimum Gasteiger partial charge on any atom is -0.381 e. The molecule has 0 N–H and O–H groups in total. The quantitative estimate of drug-likeness (QED) is 0.730. The topological polar surface area (TPSA) is 21.7 Å². The smallest absolute Gasteiger partial charge is 0.0799 e. The van der Waals surface area contributed by atoms with Crippen LogP contribution in [-0.4, -0.2) is 55.3 Å². The summed E-state index contributed by atoms with van der Waals surface area (Å²) >= 11 is 3.49. The average Bonchev–Trinajstić information content (AvgIpc) is 2.74. The molecule has 3 unspecified atom stereocenters. The van der Waals surface area contributed by atoms with Gasteiger partial charge in [-0.05, 0) is 19.3 Å². The maximum atomic E-state index is 5.71. The molecule has 2 rings (SSSR count). The summed E-state index contributed by atoms with van der Waals surface area (Å²) in [6.07, 6.45) is 1.59. The van der Waals surface area contributed by atoms with Crippen LogP contribution < -0.4 is 0 Å². The summed E-state index contributed by atoms with van der Waals surface area (Å²) in [7, 11) is 0. The Kier molecular flexibility index (Phi) is 4.43. The minimum atomic E-state index is 0.364. The normalized spacial score (nSPS) is 38.4. The third kappa shape index (κ3) is 3.16. The van der Waals surface area contributed by atoms with E-state index in [1.807, 2.05) is 0 Å². The van der Waals surface area contributed by atoms with Crippen LogP contribution in [0.2, 0.25) is 0 Å². The van der Waals surface area contributed by atoms with Gasteiger partial charge in [0.15, 0.2) is 0 Å². The fraction of sp³-hybridized carbons (Fsp3) is 1.00. The van der Waals surface area contributed by atoms with Gasteiger partial charge in [0, 0.05) is 31.1 Å². The van der Waals surface area contributed by atoms with Crippen LogP contribution in [0, 0.1) is 5.92 Å². The third-order valence-corrected chi connectivity index (χ3v) is 4.05. The first-order valence-corrected chi connectivity index (χ1v) is 6.91. The summed E-state index contributed by atoms with van der Waals surface area (Å²) in [6, 6.07) is 0.556. The molecule has 2 aliphatic heterocycles. The number of rotatable bonds is 3. The zero-order chi connectivity index (χ0) is 10.7. The number of halogens is 1. The SMILES string of the molecule is CC1COC(CBr)CN1CC1CCOC1. The summed E-state index contributed by atoms with van der Waals surface area (Å²) in [5.74, 6) is 0.738. The molecule has 15 heavy (non-hydrogen) atoms. The predicted octanol–water partition coefficient (Wildman–Crippen LogP) is 1.51. The third-order valence-electron chi connectivity index (χ3n) is 3.32. The highest BCUT2D eigenvalue weighted by molar-refractivity contribution is 9.09. The molecule has 0 radical (unpaired) electrons. The summed E-state index contributed by atoms with van der Waals surface area (Å²) in [4.78, 5) is 2.55. The molecule has 0 saturated carbocycles. The molecule has 2 fully saturated rings. The van der Waals surface area contributed by atoms with Gasteiger partial charge in [-0.3, -0.25) is 4.90 Å². The number of hydrogen-bond acceptors (Lipinski definition) is 3. The lowest BCUT2D eigenvalue weighted by Crippen LogP contribution is -2.50. The van der Waals surface area contributed by atoms with Crippen LogP contribution >= 0.6 is 15.9 Å². The molecule has 0 spiro atoms. The monoisotopic (exact) mass is 277 g/mol. The molecule has 4 heteroatoms. The molecule has 3 atom stereocenters. The number of nitrogens with zero attached hydrogens (tertiary/aromatic N) is 1. The zero-order valence-corrected chi connectivity index (χ0v) is 10.9. The van der Waals surface area contributed by atoms with Crippen LogP contribution in [-0.2, 0) is 9.47 Å². The lowest BCUT2D eigenvalue weighted by molar-refractivity contribution is -0.0517. The molecule has 0 amide bonds. The standard InChI is InChI=1S/C11H20BrNO2/c1-9-7-15-11(4-12)6-13(9)5-10-2-3-14-8-10/h9-11H,2-8H2,1H3. The van der Waals surface area contributed by atoms with Gasteiger partial charge in [0.1, 0.15) is 0 Å². The van der Waals surface area contributed by atoms with Gasteiger partial charge >= 0.3 is 0 Å². The second-order valence-electron chi connectivity index (χ2n) is 4.64. The van der Waals surface area contributed by atoms with Gasteiger partial charge in [-0.1, -0.05) is 15.9 Å². The van der Waals surface area contributed by atoms with Crippen molar-refractivity contribution in [3.05, 3.63) is 0 Å². The van der Waals surface area contributed by atoms with E-state index in [2.05, 4.69) is 27.8 Å². The van der Waals surface area contributed by atoms with E-state index >= 15 is 0 Å². The molecule has 0 bridgehead atoms. The van der Waals surface area contributed by atoms with Crippen molar-refractivity contribution in [3.8, 4) is 0 Å². The van der Waals surface area contributed by atoms with Gasteiger partial charge in [0.2, 0.25) is 0 Å². The van der Waals surface area contributed by atoms with Gasteiger partial charge in [0.25, 0.3) is 0 Å². The van der Waals surface area contributed by atoms with E-state index in [1.165, 1.54) is 13.0 Å². The molecule has 2 saturated heterocycles. The Morgan fingerprint density at radius 3 is 2.93 bits per heavy atom. The zero-order valence-electron chi connectivity index (χ0n) is 9.32. The number of hydrogen-bond donors (Lipinski definition) is 0. The second-order valence-corrected chi connectivity index (χ2v) is 5.29. The van der Waals surface area contributed by atoms with E-state index in [0.29, 0.717) is 12.1 Å². The van der Waals surface area contributed by atoms with E-state index in [1.54, 1.807) is 0 Å². The average molecular weight is 278 g/mol. The molecule has 0 aromatic carbocycles. The highest BCUT2D eigenvalue weighted by atomic mass is 79.9. The van der Waals surface area contributed by atoms with Crippen molar-refractivity contribution in [2.45, 2.75) is 25.5 Å². The molecule has 0 aromatic rings. The van der Waals surface area contributed by atoms with E-state index in [-0.39, 0.29) is 0 Å². The van der Waals surface area contributed by atoms with Crippen LogP contribution in [0.5, 0.6) is 0 Å². The Bertz CT molecular complexity index is 197. The highest BCUT2D eigenvalue weighted by Crippen LogP contribution is 2.19. The van der Waals surface area contributed by atoms with E-state index in [0.717, 1.165) is 37.6 Å². The van der Waals surface area contributed by atoms with Crippen molar-refractivity contribution >= 4 is 15.9 Å². The lowest BCUT2D eigenvalue weighted by Gasteiger charge is -2.38. The van der Waals surface area contributed by atoms with Gasteiger partial charge in [0.05, 0.1) is 19.3 Å². The molecule has 0 aliphatic carbocycles. The number of alkyl halides is 1. The van der Waals surface area contributed by atoms with Gasteiger partial charge in [-0.25, -0.2) is 0 Å². The van der Waals surface area contributed by atoms with Crippen molar-refractivity contribution in [3.63, 3.8) is 0 Å². The van der Waals surface area contributed by atoms with E-state index in [9.17, 15) is 0 Å². The molecule has 3 nitrogen and oxygen atoms in total. The maximum Gasteiger partial charge on any atom is 0.0799 e. The first-order valence-electron chi connectivity index (χ1n) is 5.79. The Morgan fingerprint density at radius 1 is 1.40 bits per heavy atom. The van der Waals surface area contributed by atoms with Crippen molar-refractivity contribution in [1.29, 1.82) is 0 Å². The fourth-order valence-corrected chi connectivity index (χ4v) is 2.67. The molecule has 88 valence electrons. The van der Waals surface area contributed by atoms with Crippen molar-refractivity contribution in [1.82, 2.24) is 4.90 Å². The molecular formula is C11H20BrNO2. The fourth-order valence-electron chi connectivity index (χ4n) is 2.28. The van der Waals surface area contributed by atoms with Crippen LogP contribution in [0.3, 0.4) is 0 Å². The predicted molar refractivity (Wildman–Crippen MR) is 63.5 cm³/mol. The van der Waals surface area contributed by atoms with Crippen molar-refractivity contribution in [2.75, 3.05) is 38.2 Å². The highest BCUT2D eigenvalue weighted by Gasteiger charge is 2.28. The Hall–Kier alpha value is 0.360. The lowest BCUT2D eigenvalue weighted by atomic mass is 10.1. The minimum absolute atomic E-state index is 0.364. The van der Waals surface area contributed by atoms with Crippen LogP contribution in [0.4, 0.5) is 0 Å². The Balaban J connectivity index is 1.82. The molecule has 2 aliphatic rings. The summed E-state index contributed by atoms with van der Waals surface area (Å²) < 4.78 is 11.1. The van der Waals surface area contributed by atoms with Gasteiger partial charge < -0.3 is 9.47 Å². The van der Waals surface area contributed by atoms with Crippen molar-refractivity contribution < 1.29 is 9.47 Å². The Labute approximate surface area is 100 Å². The van der Waals surface area contributed by atoms with Crippen LogP contribution in [0.25, 0.3) is 0 Å².